The molecule has 4 heterocycles. The van der Waals surface area contributed by atoms with Gasteiger partial charge in [-0.1, -0.05) is 39.3 Å². The van der Waals surface area contributed by atoms with E-state index in [0.29, 0.717) is 35.0 Å². The number of piperazine rings is 1. The Labute approximate surface area is 347 Å². The van der Waals surface area contributed by atoms with Crippen molar-refractivity contribution in [2.75, 3.05) is 55.6 Å². The maximum absolute atomic E-state index is 15.5. The van der Waals surface area contributed by atoms with E-state index < -0.39 is 35.5 Å². The Hall–Kier alpha value is -5.52. The van der Waals surface area contributed by atoms with E-state index >= 15 is 4.39 Å². The smallest absolute Gasteiger partial charge is 0.262 e. The van der Waals surface area contributed by atoms with Crippen molar-refractivity contribution in [1.82, 2.24) is 20.4 Å². The van der Waals surface area contributed by atoms with Gasteiger partial charge in [0.1, 0.15) is 29.8 Å². The molecule has 308 valence electrons. The van der Waals surface area contributed by atoms with E-state index in [-0.39, 0.29) is 64.5 Å². The SMILES string of the molecule is CC1(C)C(NC(=O)c2ccc(N3CCN(C[C@H]4CCN(c5cc6c(cc5F)C(=O)N([C@@H]5CCC(=O)NC5=O)C6=O)C4)CC3)cc2)C(C)(C)C1Oc1ccc(C#N)c(Cl)c1. The molecule has 0 spiro atoms. The number of hydrogen-bond donors (Lipinski definition) is 2. The Morgan fingerprint density at radius 1 is 0.915 bits per heavy atom. The Balaban J connectivity index is 0.818. The molecule has 5 amide bonds. The average Bonchev–Trinajstić information content (AvgIpc) is 3.76. The molecule has 5 aliphatic rings. The highest BCUT2D eigenvalue weighted by molar-refractivity contribution is 6.31. The maximum Gasteiger partial charge on any atom is 0.262 e. The fourth-order valence-electron chi connectivity index (χ4n) is 10.1. The molecule has 2 N–H and O–H groups in total. The zero-order chi connectivity index (χ0) is 42.0. The van der Waals surface area contributed by atoms with E-state index in [1.165, 1.54) is 6.07 Å². The van der Waals surface area contributed by atoms with Gasteiger partial charge < -0.3 is 19.9 Å². The lowest BCUT2D eigenvalue weighted by Crippen LogP contribution is -2.74. The zero-order valence-electron chi connectivity index (χ0n) is 33.5. The van der Waals surface area contributed by atoms with Crippen LogP contribution in [-0.4, -0.2) is 103 Å². The van der Waals surface area contributed by atoms with Crippen LogP contribution in [-0.2, 0) is 9.59 Å². The molecule has 4 aliphatic heterocycles. The van der Waals surface area contributed by atoms with Crippen LogP contribution in [0.2, 0.25) is 5.02 Å². The molecule has 15 heteroatoms. The van der Waals surface area contributed by atoms with Crippen LogP contribution < -0.4 is 25.2 Å². The first-order chi connectivity index (χ1) is 28.1. The molecule has 1 aliphatic carbocycles. The number of nitriles is 1. The lowest BCUT2D eigenvalue weighted by molar-refractivity contribution is -0.164. The molecule has 2 atom stereocenters. The topological polar surface area (TPSA) is 155 Å². The molecule has 59 heavy (non-hydrogen) atoms. The Morgan fingerprint density at radius 3 is 2.24 bits per heavy atom. The minimum atomic E-state index is -1.10. The summed E-state index contributed by atoms with van der Waals surface area (Å²) in [4.78, 5) is 71.6. The number of piperidine rings is 1. The van der Waals surface area contributed by atoms with Crippen molar-refractivity contribution in [3.05, 3.63) is 87.7 Å². The summed E-state index contributed by atoms with van der Waals surface area (Å²) < 4.78 is 21.9. The highest BCUT2D eigenvalue weighted by Crippen LogP contribution is 2.55. The summed E-state index contributed by atoms with van der Waals surface area (Å²) in [6.07, 6.45) is 0.701. The van der Waals surface area contributed by atoms with Crippen LogP contribution in [0.25, 0.3) is 0 Å². The number of imide groups is 2. The monoisotopic (exact) mass is 823 g/mol. The molecular formula is C44H47ClFN7O6. The first kappa shape index (κ1) is 40.3. The molecule has 4 fully saturated rings. The molecule has 3 aromatic rings. The van der Waals surface area contributed by atoms with Gasteiger partial charge in [-0.25, -0.2) is 4.39 Å². The van der Waals surface area contributed by atoms with Gasteiger partial charge in [0.15, 0.2) is 0 Å². The second-order valence-corrected chi connectivity index (χ2v) is 17.9. The molecule has 0 bridgehead atoms. The second-order valence-electron chi connectivity index (χ2n) is 17.5. The summed E-state index contributed by atoms with van der Waals surface area (Å²) >= 11 is 6.24. The Morgan fingerprint density at radius 2 is 1.59 bits per heavy atom. The molecule has 0 unspecified atom stereocenters. The number of halogens is 2. The minimum absolute atomic E-state index is 0.0131. The van der Waals surface area contributed by atoms with Crippen LogP contribution in [0.1, 0.15) is 83.6 Å². The lowest BCUT2D eigenvalue weighted by Gasteiger charge is -2.63. The maximum atomic E-state index is 15.5. The molecule has 3 aromatic carbocycles. The van der Waals surface area contributed by atoms with Gasteiger partial charge in [-0.05, 0) is 67.3 Å². The summed E-state index contributed by atoms with van der Waals surface area (Å²) in [7, 11) is 0. The summed E-state index contributed by atoms with van der Waals surface area (Å²) in [5.74, 6) is -2.40. The highest BCUT2D eigenvalue weighted by Gasteiger charge is 2.64. The molecule has 1 saturated carbocycles. The summed E-state index contributed by atoms with van der Waals surface area (Å²) in [6, 6.07) is 16.1. The highest BCUT2D eigenvalue weighted by atomic mass is 35.5. The van der Waals surface area contributed by atoms with Crippen molar-refractivity contribution in [1.29, 1.82) is 5.26 Å². The van der Waals surface area contributed by atoms with Gasteiger partial charge in [-0.3, -0.25) is 39.1 Å². The molecule has 0 radical (unpaired) electrons. The van der Waals surface area contributed by atoms with Crippen LogP contribution in [0.4, 0.5) is 15.8 Å². The van der Waals surface area contributed by atoms with Crippen molar-refractivity contribution in [2.45, 2.75) is 65.1 Å². The average molecular weight is 824 g/mol. The van der Waals surface area contributed by atoms with E-state index in [4.69, 9.17) is 16.3 Å². The second kappa shape index (κ2) is 15.3. The quantitative estimate of drug-likeness (QED) is 0.282. The van der Waals surface area contributed by atoms with Crippen molar-refractivity contribution in [3.8, 4) is 11.8 Å². The van der Waals surface area contributed by atoms with E-state index in [1.807, 2.05) is 29.2 Å². The third-order valence-electron chi connectivity index (χ3n) is 12.9. The molecule has 13 nitrogen and oxygen atoms in total. The number of nitrogens with zero attached hydrogens (tertiary/aromatic N) is 5. The first-order valence-electron chi connectivity index (χ1n) is 20.1. The lowest BCUT2D eigenvalue weighted by atomic mass is 9.49. The van der Waals surface area contributed by atoms with Gasteiger partial charge >= 0.3 is 0 Å². The van der Waals surface area contributed by atoms with Gasteiger partial charge in [-0.2, -0.15) is 5.26 Å². The van der Waals surface area contributed by atoms with Gasteiger partial charge in [0, 0.05) is 86.4 Å². The largest absolute Gasteiger partial charge is 0.489 e. The Kier molecular flexibility index (Phi) is 10.4. The number of ether oxygens (including phenoxy) is 1. The van der Waals surface area contributed by atoms with Crippen LogP contribution in [0.5, 0.6) is 5.75 Å². The van der Waals surface area contributed by atoms with Gasteiger partial charge in [0.05, 0.1) is 27.4 Å². The van der Waals surface area contributed by atoms with Gasteiger partial charge in [0.25, 0.3) is 17.7 Å². The van der Waals surface area contributed by atoms with E-state index in [1.54, 1.807) is 18.2 Å². The van der Waals surface area contributed by atoms with Gasteiger partial charge in [-0.15, -0.1) is 0 Å². The number of fused-ring (bicyclic) bond motifs is 1. The molecule has 3 saturated heterocycles. The fraction of sp³-hybridized carbons (Fsp3) is 0.455. The van der Waals surface area contributed by atoms with E-state index in [9.17, 15) is 29.2 Å². The number of carbonyl (C=O) groups excluding carboxylic acids is 5. The number of anilines is 2. The number of rotatable bonds is 9. The third kappa shape index (κ3) is 7.29. The number of nitrogens with one attached hydrogen (secondary N) is 2. The van der Waals surface area contributed by atoms with Crippen LogP contribution >= 0.6 is 11.6 Å². The number of benzene rings is 3. The standard InChI is InChI=1S/C44H47ClFN7O6/c1-43(2)41(44(3,4)42(43)59-29-10-7-27(22-47)32(45)19-29)49-37(55)26-5-8-28(9-6-26)51-17-15-50(16-18-51)23-25-13-14-52(24-25)35-21-31-30(20-33(35)46)39(57)53(40(31)58)34-11-12-36(54)48-38(34)56/h5-10,19-21,25,34,41-42H,11-18,23-24H2,1-4H3,(H,49,55)(H,48,54,56)/t25-,34-,41?,42?/m1/s1. The predicted molar refractivity (Wildman–Crippen MR) is 218 cm³/mol. The van der Waals surface area contributed by atoms with Crippen LogP contribution in [0.3, 0.4) is 0 Å². The molecular weight excluding hydrogens is 777 g/mol. The zero-order valence-corrected chi connectivity index (χ0v) is 34.3. The minimum Gasteiger partial charge on any atom is -0.489 e. The Bertz CT molecular complexity index is 2270. The van der Waals surface area contributed by atoms with Crippen molar-refractivity contribution in [3.63, 3.8) is 0 Å². The summed E-state index contributed by atoms with van der Waals surface area (Å²) in [5.41, 5.74) is 1.53. The summed E-state index contributed by atoms with van der Waals surface area (Å²) in [5, 5.41) is 15.0. The predicted octanol–water partition coefficient (Wildman–Crippen LogP) is 5.01. The van der Waals surface area contributed by atoms with Crippen LogP contribution in [0, 0.1) is 33.9 Å². The fourth-order valence-corrected chi connectivity index (χ4v) is 10.3. The van der Waals surface area contributed by atoms with Gasteiger partial charge in [0.2, 0.25) is 11.8 Å². The first-order valence-corrected chi connectivity index (χ1v) is 20.5. The normalized spacial score (nSPS) is 25.0. The number of amides is 5. The van der Waals surface area contributed by atoms with Crippen molar-refractivity contribution >= 4 is 52.5 Å². The van der Waals surface area contributed by atoms with E-state index in [2.05, 4.69) is 54.2 Å². The molecule has 0 aromatic heterocycles. The van der Waals surface area contributed by atoms with E-state index in [0.717, 1.165) is 55.8 Å². The van der Waals surface area contributed by atoms with Crippen LogP contribution in [0.15, 0.2) is 54.6 Å². The summed E-state index contributed by atoms with van der Waals surface area (Å²) in [6.45, 7) is 13.7. The van der Waals surface area contributed by atoms with Crippen molar-refractivity contribution in [2.24, 2.45) is 16.7 Å². The third-order valence-corrected chi connectivity index (χ3v) is 13.3. The molecule has 8 rings (SSSR count). The number of carbonyl (C=O) groups is 5. The number of hydrogen-bond acceptors (Lipinski definition) is 10. The van der Waals surface area contributed by atoms with Crippen molar-refractivity contribution < 1.29 is 33.1 Å².